The topological polar surface area (TPSA) is 38.9 Å². The molecule has 94 valence electrons. The number of halogens is 3. The van der Waals surface area contributed by atoms with Crippen molar-refractivity contribution in [3.05, 3.63) is 64.4 Å². The van der Waals surface area contributed by atoms with Crippen LogP contribution in [0.15, 0.2) is 36.7 Å². The zero-order valence-corrected chi connectivity index (χ0v) is 10.2. The second-order valence-electron chi connectivity index (χ2n) is 3.92. The van der Waals surface area contributed by atoms with Gasteiger partial charge in [-0.15, -0.1) is 0 Å². The first-order valence-corrected chi connectivity index (χ1v) is 5.75. The molecule has 18 heavy (non-hydrogen) atoms. The molecule has 0 amide bonds. The Morgan fingerprint density at radius 3 is 2.78 bits per heavy atom. The molecule has 1 atom stereocenters. The first kappa shape index (κ1) is 12.9. The van der Waals surface area contributed by atoms with Crippen LogP contribution in [0, 0.1) is 11.6 Å². The lowest BCUT2D eigenvalue weighted by Gasteiger charge is -2.14. The molecule has 2 rings (SSSR count). The molecule has 0 saturated heterocycles. The van der Waals surface area contributed by atoms with Crippen LogP contribution < -0.4 is 5.73 Å². The van der Waals surface area contributed by atoms with Gasteiger partial charge < -0.3 is 5.73 Å². The van der Waals surface area contributed by atoms with Crippen molar-refractivity contribution in [3.8, 4) is 0 Å². The van der Waals surface area contributed by atoms with Crippen molar-refractivity contribution in [2.45, 2.75) is 12.5 Å². The zero-order valence-electron chi connectivity index (χ0n) is 9.41. The quantitative estimate of drug-likeness (QED) is 0.928. The minimum Gasteiger partial charge on any atom is -0.324 e. The van der Waals surface area contributed by atoms with Crippen LogP contribution in [0.1, 0.15) is 17.2 Å². The van der Waals surface area contributed by atoms with Gasteiger partial charge in [-0.25, -0.2) is 8.78 Å². The standard InChI is InChI=1S/C13H11ClF2N2/c14-10-7-18-5-4-8(10)6-12(17)9-2-1-3-11(15)13(9)16/h1-5,7,12H,6,17H2. The van der Waals surface area contributed by atoms with Gasteiger partial charge in [-0.05, 0) is 24.1 Å². The van der Waals surface area contributed by atoms with Crippen molar-refractivity contribution < 1.29 is 8.78 Å². The van der Waals surface area contributed by atoms with Crippen LogP contribution in [0.3, 0.4) is 0 Å². The molecule has 1 aromatic carbocycles. The van der Waals surface area contributed by atoms with E-state index < -0.39 is 17.7 Å². The van der Waals surface area contributed by atoms with E-state index in [1.165, 1.54) is 18.3 Å². The third kappa shape index (κ3) is 2.66. The highest BCUT2D eigenvalue weighted by molar-refractivity contribution is 6.31. The van der Waals surface area contributed by atoms with E-state index in [1.54, 1.807) is 12.3 Å². The van der Waals surface area contributed by atoms with Gasteiger partial charge in [0.1, 0.15) is 0 Å². The molecule has 2 N–H and O–H groups in total. The van der Waals surface area contributed by atoms with E-state index in [1.807, 2.05) is 0 Å². The number of hydrogen-bond donors (Lipinski definition) is 1. The minimum atomic E-state index is -0.907. The summed E-state index contributed by atoms with van der Waals surface area (Å²) in [4.78, 5) is 3.85. The summed E-state index contributed by atoms with van der Waals surface area (Å²) < 4.78 is 26.6. The summed E-state index contributed by atoms with van der Waals surface area (Å²) in [6.45, 7) is 0. The molecular formula is C13H11ClF2N2. The lowest BCUT2D eigenvalue weighted by Crippen LogP contribution is -2.16. The van der Waals surface area contributed by atoms with Crippen molar-refractivity contribution in [3.63, 3.8) is 0 Å². The Balaban J connectivity index is 2.25. The van der Waals surface area contributed by atoms with Gasteiger partial charge in [-0.1, -0.05) is 23.7 Å². The van der Waals surface area contributed by atoms with E-state index in [9.17, 15) is 8.78 Å². The van der Waals surface area contributed by atoms with Crippen LogP contribution in [0.5, 0.6) is 0 Å². The Kier molecular flexibility index (Phi) is 3.89. The molecule has 2 aromatic rings. The average molecular weight is 269 g/mol. The minimum absolute atomic E-state index is 0.142. The van der Waals surface area contributed by atoms with Crippen molar-refractivity contribution >= 4 is 11.6 Å². The van der Waals surface area contributed by atoms with E-state index in [4.69, 9.17) is 17.3 Å². The summed E-state index contributed by atoms with van der Waals surface area (Å²) in [6.07, 6.45) is 3.39. The molecule has 0 fully saturated rings. The van der Waals surface area contributed by atoms with Crippen molar-refractivity contribution in [2.24, 2.45) is 5.73 Å². The van der Waals surface area contributed by atoms with Crippen molar-refractivity contribution in [2.75, 3.05) is 0 Å². The number of pyridine rings is 1. The Morgan fingerprint density at radius 2 is 2.06 bits per heavy atom. The molecule has 1 aromatic heterocycles. The number of benzene rings is 1. The van der Waals surface area contributed by atoms with Crippen LogP contribution in [0.4, 0.5) is 8.78 Å². The highest BCUT2D eigenvalue weighted by Gasteiger charge is 2.16. The Morgan fingerprint density at radius 1 is 1.28 bits per heavy atom. The van der Waals surface area contributed by atoms with E-state index >= 15 is 0 Å². The van der Waals surface area contributed by atoms with Gasteiger partial charge in [-0.3, -0.25) is 4.98 Å². The Bertz CT molecular complexity index is 560. The number of nitrogens with two attached hydrogens (primary N) is 1. The number of hydrogen-bond acceptors (Lipinski definition) is 2. The molecule has 0 spiro atoms. The first-order valence-electron chi connectivity index (χ1n) is 5.37. The van der Waals surface area contributed by atoms with E-state index in [0.717, 1.165) is 11.6 Å². The molecule has 0 aliphatic rings. The predicted octanol–water partition coefficient (Wildman–Crippen LogP) is 3.26. The van der Waals surface area contributed by atoms with Gasteiger partial charge in [0.05, 0.1) is 5.02 Å². The van der Waals surface area contributed by atoms with E-state index in [0.29, 0.717) is 11.4 Å². The predicted molar refractivity (Wildman–Crippen MR) is 66.2 cm³/mol. The van der Waals surface area contributed by atoms with Gasteiger partial charge in [0.15, 0.2) is 11.6 Å². The van der Waals surface area contributed by atoms with Gasteiger partial charge in [0, 0.05) is 24.0 Å². The molecule has 0 saturated carbocycles. The highest BCUT2D eigenvalue weighted by Crippen LogP contribution is 2.23. The van der Waals surface area contributed by atoms with Crippen LogP contribution in [0.2, 0.25) is 5.02 Å². The SMILES string of the molecule is NC(Cc1ccncc1Cl)c1cccc(F)c1F. The molecule has 2 nitrogen and oxygen atoms in total. The molecule has 0 radical (unpaired) electrons. The Labute approximate surface area is 108 Å². The average Bonchev–Trinajstić information content (AvgIpc) is 2.35. The lowest BCUT2D eigenvalue weighted by atomic mass is 10.00. The molecule has 0 aliphatic carbocycles. The van der Waals surface area contributed by atoms with Crippen molar-refractivity contribution in [1.82, 2.24) is 4.98 Å². The van der Waals surface area contributed by atoms with Crippen LogP contribution >= 0.6 is 11.6 Å². The second-order valence-corrected chi connectivity index (χ2v) is 4.33. The summed E-state index contributed by atoms with van der Waals surface area (Å²) in [5, 5.41) is 0.463. The fourth-order valence-corrected chi connectivity index (χ4v) is 1.92. The fourth-order valence-electron chi connectivity index (χ4n) is 1.72. The lowest BCUT2D eigenvalue weighted by molar-refractivity contribution is 0.488. The monoisotopic (exact) mass is 268 g/mol. The van der Waals surface area contributed by atoms with Gasteiger partial charge >= 0.3 is 0 Å². The van der Waals surface area contributed by atoms with E-state index in [-0.39, 0.29) is 5.56 Å². The second kappa shape index (κ2) is 5.42. The van der Waals surface area contributed by atoms with Crippen LogP contribution in [-0.4, -0.2) is 4.98 Å². The summed E-state index contributed by atoms with van der Waals surface area (Å²) in [5.41, 5.74) is 6.77. The van der Waals surface area contributed by atoms with Gasteiger partial charge in [-0.2, -0.15) is 0 Å². The molecule has 1 unspecified atom stereocenters. The summed E-state index contributed by atoms with van der Waals surface area (Å²) >= 11 is 5.94. The molecule has 0 aliphatic heterocycles. The smallest absolute Gasteiger partial charge is 0.163 e. The van der Waals surface area contributed by atoms with Crippen LogP contribution in [-0.2, 0) is 6.42 Å². The zero-order chi connectivity index (χ0) is 13.1. The molecule has 0 bridgehead atoms. The highest BCUT2D eigenvalue weighted by atomic mass is 35.5. The Hall–Kier alpha value is -1.52. The molecule has 5 heteroatoms. The third-order valence-electron chi connectivity index (χ3n) is 2.68. The molecular weight excluding hydrogens is 258 g/mol. The third-order valence-corrected chi connectivity index (χ3v) is 3.02. The first-order chi connectivity index (χ1) is 8.59. The normalized spacial score (nSPS) is 12.4. The summed E-state index contributed by atoms with van der Waals surface area (Å²) in [6, 6.07) is 5.02. The summed E-state index contributed by atoms with van der Waals surface area (Å²) in [5.74, 6) is -1.81. The van der Waals surface area contributed by atoms with Crippen molar-refractivity contribution in [1.29, 1.82) is 0 Å². The largest absolute Gasteiger partial charge is 0.324 e. The van der Waals surface area contributed by atoms with E-state index in [2.05, 4.69) is 4.98 Å². The number of nitrogens with zero attached hydrogens (tertiary/aromatic N) is 1. The maximum atomic E-state index is 13.6. The maximum absolute atomic E-state index is 13.6. The maximum Gasteiger partial charge on any atom is 0.163 e. The van der Waals surface area contributed by atoms with Gasteiger partial charge in [0.2, 0.25) is 0 Å². The fraction of sp³-hybridized carbons (Fsp3) is 0.154. The molecule has 1 heterocycles. The van der Waals surface area contributed by atoms with Gasteiger partial charge in [0.25, 0.3) is 0 Å². The summed E-state index contributed by atoms with van der Waals surface area (Å²) in [7, 11) is 0. The van der Waals surface area contributed by atoms with Crippen LogP contribution in [0.25, 0.3) is 0 Å². The number of aromatic nitrogens is 1. The number of rotatable bonds is 3.